The number of fused-ring (bicyclic) bond motifs is 2. The molecule has 2 saturated heterocycles. The molecule has 103 valence electrons. The van der Waals surface area contributed by atoms with Crippen LogP contribution in [-0.4, -0.2) is 7.28 Å². The van der Waals surface area contributed by atoms with Crippen molar-refractivity contribution in [2.24, 2.45) is 10.8 Å². The van der Waals surface area contributed by atoms with Crippen LogP contribution in [0.1, 0.15) is 86.5 Å². The van der Waals surface area contributed by atoms with E-state index in [4.69, 9.17) is 0 Å². The van der Waals surface area contributed by atoms with Gasteiger partial charge in [-0.05, 0) is 10.8 Å². The summed E-state index contributed by atoms with van der Waals surface area (Å²) in [5, 5.41) is 0.990. The van der Waals surface area contributed by atoms with E-state index in [2.05, 4.69) is 48.8 Å². The first-order valence-electron chi connectivity index (χ1n) is 7.99. The molecular weight excluding hydrogens is 215 g/mol. The molecular formula is C17H32B. The van der Waals surface area contributed by atoms with Gasteiger partial charge in [-0.25, -0.2) is 0 Å². The largest absolute Gasteiger partial charge is 0.127 e. The lowest BCUT2D eigenvalue weighted by Gasteiger charge is -2.57. The Morgan fingerprint density at radius 3 is 1.28 bits per heavy atom. The number of hydrogen-bond donors (Lipinski definition) is 0. The van der Waals surface area contributed by atoms with Crippen LogP contribution in [0.2, 0.25) is 10.6 Å². The molecule has 1 radical (unpaired) electrons. The Morgan fingerprint density at radius 1 is 0.611 bits per heavy atom. The SMILES string of the molecule is CC(C)(C)C12[B]C(C(C)(C)C)(CCCC1)CCC2. The summed E-state index contributed by atoms with van der Waals surface area (Å²) in [7, 11) is 2.86. The summed E-state index contributed by atoms with van der Waals surface area (Å²) in [6.45, 7) is 14.8. The Hall–Kier alpha value is 0.0649. The third-order valence-corrected chi connectivity index (χ3v) is 6.28. The van der Waals surface area contributed by atoms with Gasteiger partial charge in [-0.2, -0.15) is 0 Å². The molecule has 0 aliphatic carbocycles. The van der Waals surface area contributed by atoms with Crippen molar-refractivity contribution in [1.82, 2.24) is 0 Å². The molecule has 0 spiro atoms. The van der Waals surface area contributed by atoms with Crippen LogP contribution < -0.4 is 0 Å². The van der Waals surface area contributed by atoms with Crippen molar-refractivity contribution in [2.45, 2.75) is 97.1 Å². The molecule has 2 unspecified atom stereocenters. The normalized spacial score (nSPS) is 37.9. The van der Waals surface area contributed by atoms with E-state index in [9.17, 15) is 0 Å². The van der Waals surface area contributed by atoms with Crippen LogP contribution in [0, 0.1) is 10.8 Å². The van der Waals surface area contributed by atoms with E-state index in [0.29, 0.717) is 21.5 Å². The summed E-state index contributed by atoms with van der Waals surface area (Å²) in [6.07, 6.45) is 10.0. The van der Waals surface area contributed by atoms with Gasteiger partial charge in [0.05, 0.1) is 0 Å². The van der Waals surface area contributed by atoms with Crippen molar-refractivity contribution in [2.75, 3.05) is 0 Å². The van der Waals surface area contributed by atoms with Gasteiger partial charge in [0.25, 0.3) is 0 Å². The highest BCUT2D eigenvalue weighted by atomic mass is 14.5. The molecule has 0 aromatic carbocycles. The quantitative estimate of drug-likeness (QED) is 0.470. The Kier molecular flexibility index (Phi) is 3.44. The van der Waals surface area contributed by atoms with Crippen molar-refractivity contribution in [3.05, 3.63) is 0 Å². The van der Waals surface area contributed by atoms with Gasteiger partial charge in [-0.15, -0.1) is 0 Å². The minimum absolute atomic E-state index is 0.425. The predicted molar refractivity (Wildman–Crippen MR) is 82.4 cm³/mol. The van der Waals surface area contributed by atoms with Gasteiger partial charge in [-0.3, -0.25) is 0 Å². The third kappa shape index (κ3) is 2.16. The minimum Gasteiger partial charge on any atom is -0.0603 e. The van der Waals surface area contributed by atoms with E-state index in [1.54, 1.807) is 0 Å². The Labute approximate surface area is 116 Å². The molecule has 0 aromatic heterocycles. The van der Waals surface area contributed by atoms with Gasteiger partial charge in [-0.1, -0.05) is 97.1 Å². The topological polar surface area (TPSA) is 0 Å². The zero-order chi connectivity index (χ0) is 13.7. The van der Waals surface area contributed by atoms with Gasteiger partial charge in [0.15, 0.2) is 0 Å². The minimum atomic E-state index is 0.425. The van der Waals surface area contributed by atoms with Gasteiger partial charge in [0.1, 0.15) is 7.28 Å². The van der Waals surface area contributed by atoms with Gasteiger partial charge < -0.3 is 0 Å². The Morgan fingerprint density at radius 2 is 0.944 bits per heavy atom. The highest BCUT2D eigenvalue weighted by Gasteiger charge is 2.55. The summed E-state index contributed by atoms with van der Waals surface area (Å²) < 4.78 is 0. The zero-order valence-corrected chi connectivity index (χ0v) is 13.5. The summed E-state index contributed by atoms with van der Waals surface area (Å²) in [5.41, 5.74) is 0.850. The molecule has 2 fully saturated rings. The lowest BCUT2D eigenvalue weighted by atomic mass is 9.25. The molecule has 2 bridgehead atoms. The Balaban J connectivity index is 2.40. The molecule has 0 nitrogen and oxygen atoms in total. The molecule has 2 aliphatic rings. The molecule has 2 rings (SSSR count). The van der Waals surface area contributed by atoms with Gasteiger partial charge in [0.2, 0.25) is 0 Å². The van der Waals surface area contributed by atoms with Crippen LogP contribution in [0.4, 0.5) is 0 Å². The average molecular weight is 247 g/mol. The highest BCUT2D eigenvalue weighted by Crippen LogP contribution is 2.68. The second-order valence-corrected chi connectivity index (χ2v) is 9.02. The molecule has 2 aliphatic heterocycles. The fourth-order valence-electron chi connectivity index (χ4n) is 4.60. The van der Waals surface area contributed by atoms with Crippen molar-refractivity contribution in [3.8, 4) is 0 Å². The molecule has 0 aromatic rings. The van der Waals surface area contributed by atoms with E-state index in [-0.39, 0.29) is 0 Å². The lowest BCUT2D eigenvalue weighted by molar-refractivity contribution is 0.164. The fourth-order valence-corrected chi connectivity index (χ4v) is 4.60. The van der Waals surface area contributed by atoms with Crippen LogP contribution in [0.5, 0.6) is 0 Å². The van der Waals surface area contributed by atoms with E-state index in [1.807, 2.05) is 0 Å². The smallest absolute Gasteiger partial charge is 0.0603 e. The van der Waals surface area contributed by atoms with Crippen LogP contribution in [0.25, 0.3) is 0 Å². The van der Waals surface area contributed by atoms with E-state index in [0.717, 1.165) is 0 Å². The predicted octanol–water partition coefficient (Wildman–Crippen LogP) is 5.86. The molecule has 1 heteroatoms. The molecule has 0 N–H and O–H groups in total. The van der Waals surface area contributed by atoms with E-state index < -0.39 is 0 Å². The standard InChI is InChI=1S/C17H32B/c1-14(2,3)16-10-7-8-11-17(18-16,13-9-12-16)15(4,5)6/h7-13H2,1-6H3. The lowest BCUT2D eigenvalue weighted by Crippen LogP contribution is -2.47. The third-order valence-electron chi connectivity index (χ3n) is 6.28. The van der Waals surface area contributed by atoms with Crippen LogP contribution in [0.15, 0.2) is 0 Å². The fraction of sp³-hybridized carbons (Fsp3) is 1.00. The van der Waals surface area contributed by atoms with Gasteiger partial charge >= 0.3 is 0 Å². The van der Waals surface area contributed by atoms with Crippen molar-refractivity contribution >= 4 is 7.28 Å². The second-order valence-electron chi connectivity index (χ2n) is 9.02. The van der Waals surface area contributed by atoms with Crippen molar-refractivity contribution in [3.63, 3.8) is 0 Å². The van der Waals surface area contributed by atoms with E-state index >= 15 is 0 Å². The monoisotopic (exact) mass is 247 g/mol. The Bertz CT molecular complexity index is 277. The molecule has 0 amide bonds. The van der Waals surface area contributed by atoms with Crippen molar-refractivity contribution < 1.29 is 0 Å². The maximum Gasteiger partial charge on any atom is 0.127 e. The summed E-state index contributed by atoms with van der Waals surface area (Å²) in [6, 6.07) is 0. The maximum atomic E-state index is 2.86. The van der Waals surface area contributed by atoms with Crippen LogP contribution in [-0.2, 0) is 0 Å². The molecule has 2 heterocycles. The average Bonchev–Trinajstić information content (AvgIpc) is 2.35. The highest BCUT2D eigenvalue weighted by molar-refractivity contribution is 6.45. The second kappa shape index (κ2) is 4.28. The zero-order valence-electron chi connectivity index (χ0n) is 13.5. The van der Waals surface area contributed by atoms with Crippen LogP contribution >= 0.6 is 0 Å². The summed E-state index contributed by atoms with van der Waals surface area (Å²) >= 11 is 0. The molecule has 2 atom stereocenters. The first-order valence-corrected chi connectivity index (χ1v) is 7.99. The van der Waals surface area contributed by atoms with Crippen LogP contribution in [0.3, 0.4) is 0 Å². The van der Waals surface area contributed by atoms with Gasteiger partial charge in [0, 0.05) is 0 Å². The first kappa shape index (κ1) is 14.5. The summed E-state index contributed by atoms with van der Waals surface area (Å²) in [5.74, 6) is 0. The van der Waals surface area contributed by atoms with Crippen molar-refractivity contribution in [1.29, 1.82) is 0 Å². The number of hydrogen-bond acceptors (Lipinski definition) is 0. The number of rotatable bonds is 0. The first-order chi connectivity index (χ1) is 8.12. The molecule has 18 heavy (non-hydrogen) atoms. The maximum absolute atomic E-state index is 2.86. The summed E-state index contributed by atoms with van der Waals surface area (Å²) in [4.78, 5) is 0. The molecule has 0 saturated carbocycles. The van der Waals surface area contributed by atoms with E-state index in [1.165, 1.54) is 44.9 Å².